The number of nitrogens with zero attached hydrogens (tertiary/aromatic N) is 1. The van der Waals surface area contributed by atoms with Crippen LogP contribution in [-0.4, -0.2) is 31.9 Å². The van der Waals surface area contributed by atoms with Gasteiger partial charge in [0.25, 0.3) is 5.56 Å². The molecule has 2 aromatic carbocycles. The Morgan fingerprint density at radius 1 is 0.970 bits per heavy atom. The second-order valence-electron chi connectivity index (χ2n) is 7.58. The van der Waals surface area contributed by atoms with Gasteiger partial charge in [-0.15, -0.1) is 0 Å². The smallest absolute Gasteiger partial charge is 0.252 e. The number of aromatic nitrogens is 1. The molecule has 172 valence electrons. The van der Waals surface area contributed by atoms with E-state index in [0.29, 0.717) is 28.2 Å². The summed E-state index contributed by atoms with van der Waals surface area (Å²) in [6, 6.07) is 15.0. The summed E-state index contributed by atoms with van der Waals surface area (Å²) in [5.74, 6) is 1.45. The zero-order chi connectivity index (χ0) is 23.6. The Bertz CT molecular complexity index is 1420. The molecule has 0 atom stereocenters. The number of hydrogen-bond acceptors (Lipinski definition) is 6. The van der Waals surface area contributed by atoms with Crippen LogP contribution in [0, 0.1) is 6.92 Å². The van der Waals surface area contributed by atoms with Crippen molar-refractivity contribution < 1.29 is 22.3 Å². The Morgan fingerprint density at radius 3 is 2.30 bits per heavy atom. The summed E-state index contributed by atoms with van der Waals surface area (Å²) in [4.78, 5) is 15.8. The lowest BCUT2D eigenvalue weighted by atomic mass is 10.1. The van der Waals surface area contributed by atoms with Crippen molar-refractivity contribution in [3.05, 3.63) is 88.1 Å². The van der Waals surface area contributed by atoms with Gasteiger partial charge in [0.1, 0.15) is 5.76 Å². The maximum atomic E-state index is 13.5. The van der Waals surface area contributed by atoms with Crippen LogP contribution < -0.4 is 15.0 Å². The number of aryl methyl sites for hydroxylation is 1. The molecule has 0 radical (unpaired) electrons. The van der Waals surface area contributed by atoms with Gasteiger partial charge in [0, 0.05) is 23.6 Å². The summed E-state index contributed by atoms with van der Waals surface area (Å²) < 4.78 is 44.2. The third-order valence-corrected chi connectivity index (χ3v) is 7.15. The highest BCUT2D eigenvalue weighted by atomic mass is 32.2. The van der Waals surface area contributed by atoms with Gasteiger partial charge in [0.2, 0.25) is 10.0 Å². The number of H-pyrrole nitrogens is 1. The topological polar surface area (TPSA) is 102 Å². The molecule has 1 N–H and O–H groups in total. The Morgan fingerprint density at radius 2 is 1.67 bits per heavy atom. The monoisotopic (exact) mass is 468 g/mol. The molecular formula is C24H24N2O6S. The lowest BCUT2D eigenvalue weighted by molar-refractivity contribution is 0.355. The molecule has 0 bridgehead atoms. The first-order valence-corrected chi connectivity index (χ1v) is 11.6. The predicted molar refractivity (Wildman–Crippen MR) is 124 cm³/mol. The summed E-state index contributed by atoms with van der Waals surface area (Å²) in [5, 5.41) is 0.688. The minimum Gasteiger partial charge on any atom is -0.493 e. The fourth-order valence-electron chi connectivity index (χ4n) is 3.55. The zero-order valence-corrected chi connectivity index (χ0v) is 19.3. The first-order valence-electron chi connectivity index (χ1n) is 10.2. The van der Waals surface area contributed by atoms with Crippen LogP contribution in [-0.2, 0) is 23.1 Å². The molecule has 0 amide bonds. The van der Waals surface area contributed by atoms with E-state index >= 15 is 0 Å². The van der Waals surface area contributed by atoms with Crippen molar-refractivity contribution in [2.24, 2.45) is 0 Å². The Labute approximate surface area is 191 Å². The van der Waals surface area contributed by atoms with Crippen LogP contribution in [0.4, 0.5) is 0 Å². The number of rotatable bonds is 8. The zero-order valence-electron chi connectivity index (χ0n) is 18.5. The van der Waals surface area contributed by atoms with Crippen molar-refractivity contribution in [3.8, 4) is 11.5 Å². The van der Waals surface area contributed by atoms with Crippen molar-refractivity contribution in [1.29, 1.82) is 0 Å². The minimum absolute atomic E-state index is 0.0212. The van der Waals surface area contributed by atoms with E-state index in [9.17, 15) is 13.2 Å². The summed E-state index contributed by atoms with van der Waals surface area (Å²) in [6.07, 6.45) is 1.48. The molecule has 0 aliphatic heterocycles. The first kappa shape index (κ1) is 22.6. The molecule has 8 nitrogen and oxygen atoms in total. The lowest BCUT2D eigenvalue weighted by Crippen LogP contribution is -2.32. The quantitative estimate of drug-likeness (QED) is 0.422. The summed E-state index contributed by atoms with van der Waals surface area (Å²) in [6.45, 7) is 1.72. The highest BCUT2D eigenvalue weighted by Gasteiger charge is 2.27. The van der Waals surface area contributed by atoms with Crippen LogP contribution in [0.2, 0.25) is 0 Å². The van der Waals surface area contributed by atoms with Crippen molar-refractivity contribution in [1.82, 2.24) is 9.29 Å². The van der Waals surface area contributed by atoms with Gasteiger partial charge in [-0.25, -0.2) is 8.42 Å². The Hall–Kier alpha value is -3.56. The predicted octanol–water partition coefficient (Wildman–Crippen LogP) is 3.84. The molecule has 33 heavy (non-hydrogen) atoms. The minimum atomic E-state index is -3.91. The third kappa shape index (κ3) is 4.64. The number of sulfonamides is 1. The van der Waals surface area contributed by atoms with Crippen LogP contribution in [0.1, 0.15) is 16.9 Å². The molecule has 0 aliphatic carbocycles. The number of benzene rings is 2. The first-order chi connectivity index (χ1) is 15.8. The van der Waals surface area contributed by atoms with E-state index < -0.39 is 15.6 Å². The second kappa shape index (κ2) is 9.13. The average Bonchev–Trinajstić information content (AvgIpc) is 3.31. The fraction of sp³-hybridized carbons (Fsp3) is 0.208. The SMILES string of the molecule is COc1cc2cc(CN(Cc3ccco3)S(=O)(=O)c3ccc(C)cc3)c(=O)[nH]c2cc1OC. The van der Waals surface area contributed by atoms with E-state index in [1.807, 2.05) is 6.92 Å². The van der Waals surface area contributed by atoms with E-state index in [1.54, 1.807) is 54.6 Å². The maximum absolute atomic E-state index is 13.5. The van der Waals surface area contributed by atoms with Gasteiger partial charge < -0.3 is 18.9 Å². The van der Waals surface area contributed by atoms with E-state index in [-0.39, 0.29) is 23.5 Å². The van der Waals surface area contributed by atoms with E-state index in [2.05, 4.69) is 4.98 Å². The number of hydrogen-bond donors (Lipinski definition) is 1. The lowest BCUT2D eigenvalue weighted by Gasteiger charge is -2.21. The van der Waals surface area contributed by atoms with Gasteiger partial charge >= 0.3 is 0 Å². The third-order valence-electron chi connectivity index (χ3n) is 5.34. The largest absolute Gasteiger partial charge is 0.493 e. The summed E-state index contributed by atoms with van der Waals surface area (Å²) in [7, 11) is -0.874. The Balaban J connectivity index is 1.77. The standard InChI is InChI=1S/C24H24N2O6S/c1-16-6-8-20(9-7-16)33(28,29)26(15-19-5-4-10-32-19)14-18-11-17-12-22(30-2)23(31-3)13-21(17)25-24(18)27/h4-13H,14-15H2,1-3H3,(H,25,27). The summed E-state index contributed by atoms with van der Waals surface area (Å²) >= 11 is 0. The highest BCUT2D eigenvalue weighted by Crippen LogP contribution is 2.31. The highest BCUT2D eigenvalue weighted by molar-refractivity contribution is 7.89. The molecule has 0 spiro atoms. The van der Waals surface area contributed by atoms with Gasteiger partial charge in [0.05, 0.1) is 37.4 Å². The van der Waals surface area contributed by atoms with Crippen LogP contribution in [0.5, 0.6) is 11.5 Å². The number of ether oxygens (including phenoxy) is 2. The van der Waals surface area contributed by atoms with Crippen molar-refractivity contribution in [2.45, 2.75) is 24.9 Å². The normalized spacial score (nSPS) is 11.8. The fourth-order valence-corrected chi connectivity index (χ4v) is 4.93. The molecule has 0 fully saturated rings. The van der Waals surface area contributed by atoms with Crippen molar-refractivity contribution >= 4 is 20.9 Å². The number of furan rings is 1. The molecule has 4 rings (SSSR count). The Kier molecular flexibility index (Phi) is 6.26. The molecule has 0 aliphatic rings. The van der Waals surface area contributed by atoms with Crippen molar-refractivity contribution in [2.75, 3.05) is 14.2 Å². The molecule has 2 aromatic heterocycles. The second-order valence-corrected chi connectivity index (χ2v) is 9.52. The molecular weight excluding hydrogens is 444 g/mol. The number of nitrogens with one attached hydrogen (secondary N) is 1. The van der Waals surface area contributed by atoms with Gasteiger partial charge in [0.15, 0.2) is 11.5 Å². The molecule has 0 unspecified atom stereocenters. The van der Waals surface area contributed by atoms with Gasteiger partial charge in [-0.3, -0.25) is 4.79 Å². The van der Waals surface area contributed by atoms with Crippen molar-refractivity contribution in [3.63, 3.8) is 0 Å². The molecule has 9 heteroatoms. The van der Waals surface area contributed by atoms with Crippen LogP contribution in [0.3, 0.4) is 0 Å². The van der Waals surface area contributed by atoms with Crippen LogP contribution >= 0.6 is 0 Å². The van der Waals surface area contributed by atoms with E-state index in [1.165, 1.54) is 24.8 Å². The van der Waals surface area contributed by atoms with E-state index in [0.717, 1.165) is 5.56 Å². The van der Waals surface area contributed by atoms with Crippen LogP contribution in [0.15, 0.2) is 75.0 Å². The van der Waals surface area contributed by atoms with Crippen LogP contribution in [0.25, 0.3) is 10.9 Å². The molecule has 0 saturated heterocycles. The van der Waals surface area contributed by atoms with Gasteiger partial charge in [-0.2, -0.15) is 4.31 Å². The maximum Gasteiger partial charge on any atom is 0.252 e. The van der Waals surface area contributed by atoms with Gasteiger partial charge in [-0.05, 0) is 43.3 Å². The molecule has 4 aromatic rings. The number of pyridine rings is 1. The molecule has 0 saturated carbocycles. The number of aromatic amines is 1. The van der Waals surface area contributed by atoms with E-state index in [4.69, 9.17) is 13.9 Å². The molecule has 2 heterocycles. The number of methoxy groups -OCH3 is 2. The average molecular weight is 469 g/mol. The number of fused-ring (bicyclic) bond motifs is 1. The van der Waals surface area contributed by atoms with Gasteiger partial charge in [-0.1, -0.05) is 17.7 Å². The summed E-state index contributed by atoms with van der Waals surface area (Å²) in [5.41, 5.74) is 1.40.